The quantitative estimate of drug-likeness (QED) is 0.585. The highest BCUT2D eigenvalue weighted by Gasteiger charge is 2.28. The molecule has 2 nitrogen and oxygen atoms in total. The molecule has 0 bridgehead atoms. The van der Waals surface area contributed by atoms with E-state index in [0.717, 1.165) is 37.9 Å². The van der Waals surface area contributed by atoms with Crippen LogP contribution in [-0.2, 0) is 0 Å². The summed E-state index contributed by atoms with van der Waals surface area (Å²) in [7, 11) is 0. The maximum Gasteiger partial charge on any atom is 0.0708 e. The third-order valence-corrected chi connectivity index (χ3v) is 2.17. The van der Waals surface area contributed by atoms with Gasteiger partial charge in [0.15, 0.2) is 0 Å². The van der Waals surface area contributed by atoms with Gasteiger partial charge in [0.25, 0.3) is 0 Å². The van der Waals surface area contributed by atoms with E-state index < -0.39 is 5.60 Å². The molecule has 0 atom stereocenters. The zero-order valence-corrected chi connectivity index (χ0v) is 7.19. The third kappa shape index (κ3) is 2.64. The molecule has 0 spiro atoms. The van der Waals surface area contributed by atoms with E-state index in [4.69, 9.17) is 0 Å². The predicted molar refractivity (Wildman–Crippen MR) is 46.5 cm³/mol. The molecule has 1 fully saturated rings. The molecular weight excluding hydrogens is 138 g/mol. The van der Waals surface area contributed by atoms with Crippen LogP contribution in [0.3, 0.4) is 0 Å². The first-order chi connectivity index (χ1) is 5.12. The molecule has 0 aromatic carbocycles. The van der Waals surface area contributed by atoms with Crippen LogP contribution in [-0.4, -0.2) is 23.8 Å². The van der Waals surface area contributed by atoms with Crippen LogP contribution in [0, 0.1) is 0 Å². The number of nitrogens with one attached hydrogen (secondary N) is 1. The Morgan fingerprint density at radius 1 is 1.55 bits per heavy atom. The molecule has 1 saturated heterocycles. The van der Waals surface area contributed by atoms with Gasteiger partial charge in [0.05, 0.1) is 5.60 Å². The van der Waals surface area contributed by atoms with Crippen molar-refractivity contribution >= 4 is 0 Å². The minimum Gasteiger partial charge on any atom is -0.389 e. The van der Waals surface area contributed by atoms with Crippen molar-refractivity contribution in [3.63, 3.8) is 0 Å². The van der Waals surface area contributed by atoms with Crippen LogP contribution in [0.4, 0.5) is 0 Å². The first-order valence-electron chi connectivity index (χ1n) is 4.20. The lowest BCUT2D eigenvalue weighted by Crippen LogP contribution is -2.41. The van der Waals surface area contributed by atoms with Crippen LogP contribution in [0.1, 0.15) is 26.2 Å². The maximum absolute atomic E-state index is 9.94. The first-order valence-corrected chi connectivity index (χ1v) is 4.20. The molecule has 0 aromatic heterocycles. The second kappa shape index (κ2) is 3.37. The van der Waals surface area contributed by atoms with Crippen molar-refractivity contribution < 1.29 is 5.11 Å². The van der Waals surface area contributed by atoms with Crippen LogP contribution < -0.4 is 5.32 Å². The molecule has 0 unspecified atom stereocenters. The van der Waals surface area contributed by atoms with Gasteiger partial charge in [-0.25, -0.2) is 0 Å². The Bertz CT molecular complexity index is 148. The van der Waals surface area contributed by atoms with Gasteiger partial charge in [-0.05, 0) is 39.3 Å². The fourth-order valence-electron chi connectivity index (χ4n) is 1.63. The number of piperidine rings is 1. The monoisotopic (exact) mass is 155 g/mol. The summed E-state index contributed by atoms with van der Waals surface area (Å²) in [5, 5.41) is 13.2. The summed E-state index contributed by atoms with van der Waals surface area (Å²) in [5.74, 6) is 0. The van der Waals surface area contributed by atoms with Crippen LogP contribution in [0.25, 0.3) is 0 Å². The van der Waals surface area contributed by atoms with Gasteiger partial charge in [0.1, 0.15) is 0 Å². The molecule has 0 amide bonds. The molecule has 2 N–H and O–H groups in total. The van der Waals surface area contributed by atoms with Crippen LogP contribution >= 0.6 is 0 Å². The fourth-order valence-corrected chi connectivity index (χ4v) is 1.63. The zero-order chi connectivity index (χ0) is 8.32. The smallest absolute Gasteiger partial charge is 0.0708 e. The van der Waals surface area contributed by atoms with Crippen molar-refractivity contribution in [1.82, 2.24) is 5.32 Å². The Morgan fingerprint density at radius 2 is 2.09 bits per heavy atom. The predicted octanol–water partition coefficient (Wildman–Crippen LogP) is 1.07. The lowest BCUT2D eigenvalue weighted by atomic mass is 9.87. The van der Waals surface area contributed by atoms with Gasteiger partial charge in [-0.1, -0.05) is 5.57 Å². The van der Waals surface area contributed by atoms with E-state index in [9.17, 15) is 5.11 Å². The Labute approximate surface area is 68.3 Å². The molecule has 0 saturated carbocycles. The van der Waals surface area contributed by atoms with Crippen LogP contribution in [0.5, 0.6) is 0 Å². The summed E-state index contributed by atoms with van der Waals surface area (Å²) >= 11 is 0. The summed E-state index contributed by atoms with van der Waals surface area (Å²) in [4.78, 5) is 0. The number of aliphatic hydroxyl groups is 1. The average molecular weight is 155 g/mol. The van der Waals surface area contributed by atoms with Crippen LogP contribution in [0.2, 0.25) is 0 Å². The first kappa shape index (κ1) is 8.75. The minimum absolute atomic E-state index is 0.461. The molecule has 11 heavy (non-hydrogen) atoms. The van der Waals surface area contributed by atoms with E-state index in [1.165, 1.54) is 0 Å². The largest absolute Gasteiger partial charge is 0.389 e. The lowest BCUT2D eigenvalue weighted by molar-refractivity contribution is 0.0110. The van der Waals surface area contributed by atoms with Gasteiger partial charge >= 0.3 is 0 Å². The van der Waals surface area contributed by atoms with E-state index in [0.29, 0.717) is 0 Å². The molecule has 0 radical (unpaired) electrons. The van der Waals surface area contributed by atoms with Gasteiger partial charge in [-0.15, -0.1) is 6.58 Å². The van der Waals surface area contributed by atoms with Crippen molar-refractivity contribution in [3.8, 4) is 0 Å². The highest BCUT2D eigenvalue weighted by Crippen LogP contribution is 2.24. The van der Waals surface area contributed by atoms with Gasteiger partial charge in [-0.2, -0.15) is 0 Å². The van der Waals surface area contributed by atoms with E-state index in [2.05, 4.69) is 11.9 Å². The second-order valence-corrected chi connectivity index (χ2v) is 3.61. The highest BCUT2D eigenvalue weighted by molar-refractivity contribution is 4.99. The Balaban J connectivity index is 2.43. The zero-order valence-electron chi connectivity index (χ0n) is 7.19. The molecule has 1 rings (SSSR count). The van der Waals surface area contributed by atoms with E-state index in [1.54, 1.807) is 0 Å². The van der Waals surface area contributed by atoms with Crippen molar-refractivity contribution in [1.29, 1.82) is 0 Å². The summed E-state index contributed by atoms with van der Waals surface area (Å²) in [6.45, 7) is 7.65. The van der Waals surface area contributed by atoms with Crippen molar-refractivity contribution in [2.24, 2.45) is 0 Å². The number of rotatable bonds is 2. The summed E-state index contributed by atoms with van der Waals surface area (Å²) in [6.07, 6.45) is 2.48. The average Bonchev–Trinajstić information content (AvgIpc) is 1.85. The Kier molecular flexibility index (Phi) is 2.68. The van der Waals surface area contributed by atoms with Gasteiger partial charge in [0, 0.05) is 0 Å². The van der Waals surface area contributed by atoms with Gasteiger partial charge in [-0.3, -0.25) is 0 Å². The molecule has 1 aliphatic rings. The third-order valence-electron chi connectivity index (χ3n) is 2.17. The molecule has 0 aromatic rings. The van der Waals surface area contributed by atoms with E-state index in [1.807, 2.05) is 6.92 Å². The van der Waals surface area contributed by atoms with Gasteiger partial charge < -0.3 is 10.4 Å². The van der Waals surface area contributed by atoms with Crippen molar-refractivity contribution in [2.75, 3.05) is 13.1 Å². The Morgan fingerprint density at radius 3 is 2.55 bits per heavy atom. The van der Waals surface area contributed by atoms with Crippen molar-refractivity contribution in [3.05, 3.63) is 12.2 Å². The SMILES string of the molecule is C=C(C)CC1(O)CCNCC1. The lowest BCUT2D eigenvalue weighted by Gasteiger charge is -2.32. The standard InChI is InChI=1S/C9H17NO/c1-8(2)7-9(11)3-5-10-6-4-9/h10-11H,1,3-7H2,2H3. The molecule has 2 heteroatoms. The van der Waals surface area contributed by atoms with E-state index in [-0.39, 0.29) is 0 Å². The fraction of sp³-hybridized carbons (Fsp3) is 0.778. The maximum atomic E-state index is 9.94. The molecule has 1 aliphatic heterocycles. The minimum atomic E-state index is -0.461. The molecule has 64 valence electrons. The molecular formula is C9H17NO. The second-order valence-electron chi connectivity index (χ2n) is 3.61. The van der Waals surface area contributed by atoms with E-state index >= 15 is 0 Å². The topological polar surface area (TPSA) is 32.3 Å². The summed E-state index contributed by atoms with van der Waals surface area (Å²) < 4.78 is 0. The highest BCUT2D eigenvalue weighted by atomic mass is 16.3. The summed E-state index contributed by atoms with van der Waals surface area (Å²) in [6, 6.07) is 0. The molecule has 1 heterocycles. The molecule has 0 aliphatic carbocycles. The van der Waals surface area contributed by atoms with Gasteiger partial charge in [0.2, 0.25) is 0 Å². The Hall–Kier alpha value is -0.340. The number of hydrogen-bond donors (Lipinski definition) is 2. The number of hydrogen-bond acceptors (Lipinski definition) is 2. The summed E-state index contributed by atoms with van der Waals surface area (Å²) in [5.41, 5.74) is 0.617. The van der Waals surface area contributed by atoms with Crippen LogP contribution in [0.15, 0.2) is 12.2 Å². The van der Waals surface area contributed by atoms with Crippen molar-refractivity contribution in [2.45, 2.75) is 31.8 Å². The normalized spacial score (nSPS) is 23.1.